The van der Waals surface area contributed by atoms with Crippen molar-refractivity contribution in [1.29, 1.82) is 0 Å². The van der Waals surface area contributed by atoms with Gasteiger partial charge in [-0.3, -0.25) is 4.79 Å². The monoisotopic (exact) mass is 345 g/mol. The van der Waals surface area contributed by atoms with Crippen LogP contribution in [0.3, 0.4) is 0 Å². The van der Waals surface area contributed by atoms with Crippen LogP contribution in [-0.4, -0.2) is 29.4 Å². The van der Waals surface area contributed by atoms with Crippen molar-refractivity contribution in [1.82, 2.24) is 5.32 Å². The Morgan fingerprint density at radius 2 is 2.00 bits per heavy atom. The predicted molar refractivity (Wildman–Crippen MR) is 82.6 cm³/mol. The molecular formula is C17H22F3NO3. The summed E-state index contributed by atoms with van der Waals surface area (Å²) in [6.45, 7) is 0.429. The van der Waals surface area contributed by atoms with Gasteiger partial charge in [-0.25, -0.2) is 0 Å². The molecule has 0 aliphatic heterocycles. The second kappa shape index (κ2) is 7.42. The number of nitrogens with one attached hydrogen (secondary N) is 1. The number of alkyl halides is 3. The van der Waals surface area contributed by atoms with Crippen molar-refractivity contribution < 1.29 is 27.8 Å². The molecule has 4 nitrogen and oxygen atoms in total. The van der Waals surface area contributed by atoms with Gasteiger partial charge in [-0.1, -0.05) is 25.0 Å². The Balaban J connectivity index is 1.94. The van der Waals surface area contributed by atoms with Crippen molar-refractivity contribution in [2.45, 2.75) is 57.3 Å². The van der Waals surface area contributed by atoms with Crippen LogP contribution < -0.4 is 10.1 Å². The molecule has 134 valence electrons. The van der Waals surface area contributed by atoms with Crippen LogP contribution >= 0.6 is 0 Å². The summed E-state index contributed by atoms with van der Waals surface area (Å²) in [6, 6.07) is 4.88. The highest BCUT2D eigenvalue weighted by molar-refractivity contribution is 5.77. The van der Waals surface area contributed by atoms with Gasteiger partial charge in [0.2, 0.25) is 5.91 Å². The van der Waals surface area contributed by atoms with Gasteiger partial charge in [-0.05, 0) is 31.4 Å². The van der Waals surface area contributed by atoms with Crippen molar-refractivity contribution in [3.05, 3.63) is 29.3 Å². The second-order valence-corrected chi connectivity index (χ2v) is 6.40. The quantitative estimate of drug-likeness (QED) is 0.832. The molecule has 0 radical (unpaired) electrons. The van der Waals surface area contributed by atoms with Gasteiger partial charge in [-0.2, -0.15) is 13.2 Å². The third kappa shape index (κ3) is 5.70. The van der Waals surface area contributed by atoms with Gasteiger partial charge in [0, 0.05) is 12.1 Å². The zero-order valence-corrected chi connectivity index (χ0v) is 13.6. The SMILES string of the molecule is Cc1ccc(CNC(=O)CC2(O)CCCC2)c(OCC(F)(F)F)c1. The molecule has 2 N–H and O–H groups in total. The Labute approximate surface area is 139 Å². The number of hydrogen-bond acceptors (Lipinski definition) is 3. The zero-order chi connectivity index (χ0) is 17.8. The molecule has 1 fully saturated rings. The normalized spacial score (nSPS) is 16.9. The number of aliphatic hydroxyl groups is 1. The lowest BCUT2D eigenvalue weighted by molar-refractivity contribution is -0.153. The number of benzene rings is 1. The van der Waals surface area contributed by atoms with Crippen LogP contribution in [0.4, 0.5) is 13.2 Å². The van der Waals surface area contributed by atoms with Crippen LogP contribution in [0.5, 0.6) is 5.75 Å². The molecule has 0 unspecified atom stereocenters. The van der Waals surface area contributed by atoms with E-state index < -0.39 is 18.4 Å². The average molecular weight is 345 g/mol. The molecule has 1 amide bonds. The number of hydrogen-bond donors (Lipinski definition) is 2. The van der Waals surface area contributed by atoms with Gasteiger partial charge >= 0.3 is 6.18 Å². The largest absolute Gasteiger partial charge is 0.484 e. The minimum atomic E-state index is -4.42. The number of carbonyl (C=O) groups excluding carboxylic acids is 1. The van der Waals surface area contributed by atoms with E-state index >= 15 is 0 Å². The molecule has 1 saturated carbocycles. The molecule has 24 heavy (non-hydrogen) atoms. The van der Waals surface area contributed by atoms with Gasteiger partial charge < -0.3 is 15.2 Å². The molecular weight excluding hydrogens is 323 g/mol. The van der Waals surface area contributed by atoms with E-state index in [1.54, 1.807) is 19.1 Å². The Kier molecular flexibility index (Phi) is 5.74. The number of halogens is 3. The summed E-state index contributed by atoms with van der Waals surface area (Å²) in [5, 5.41) is 12.9. The van der Waals surface area contributed by atoms with E-state index in [1.807, 2.05) is 0 Å². The molecule has 1 aliphatic carbocycles. The molecule has 0 saturated heterocycles. The smallest absolute Gasteiger partial charge is 0.422 e. The summed E-state index contributed by atoms with van der Waals surface area (Å²) in [4.78, 5) is 12.0. The summed E-state index contributed by atoms with van der Waals surface area (Å²) in [5.41, 5.74) is 0.284. The van der Waals surface area contributed by atoms with Crippen molar-refractivity contribution in [3.63, 3.8) is 0 Å². The minimum Gasteiger partial charge on any atom is -0.484 e. The summed E-state index contributed by atoms with van der Waals surface area (Å²) in [6.07, 6.45) is -1.41. The van der Waals surface area contributed by atoms with E-state index in [1.165, 1.54) is 6.07 Å². The second-order valence-electron chi connectivity index (χ2n) is 6.40. The molecule has 0 atom stereocenters. The van der Waals surface area contributed by atoms with Gasteiger partial charge in [0.1, 0.15) is 5.75 Å². The Morgan fingerprint density at radius 1 is 1.33 bits per heavy atom. The highest BCUT2D eigenvalue weighted by atomic mass is 19.4. The highest BCUT2D eigenvalue weighted by Gasteiger charge is 2.33. The van der Waals surface area contributed by atoms with E-state index in [0.717, 1.165) is 18.4 Å². The van der Waals surface area contributed by atoms with Gasteiger partial charge in [0.25, 0.3) is 0 Å². The first-order valence-electron chi connectivity index (χ1n) is 7.95. The first kappa shape index (κ1) is 18.6. The average Bonchev–Trinajstić information content (AvgIpc) is 2.89. The highest BCUT2D eigenvalue weighted by Crippen LogP contribution is 2.32. The number of ether oxygens (including phenoxy) is 1. The van der Waals surface area contributed by atoms with Crippen LogP contribution in [0, 0.1) is 6.92 Å². The zero-order valence-electron chi connectivity index (χ0n) is 13.6. The molecule has 0 aromatic heterocycles. The number of rotatable bonds is 6. The van der Waals surface area contributed by atoms with Crippen LogP contribution in [0.15, 0.2) is 18.2 Å². The third-order valence-electron chi connectivity index (χ3n) is 4.11. The van der Waals surface area contributed by atoms with Crippen LogP contribution in [0.2, 0.25) is 0 Å². The molecule has 7 heteroatoms. The molecule has 0 heterocycles. The van der Waals surface area contributed by atoms with Crippen molar-refractivity contribution >= 4 is 5.91 Å². The number of amides is 1. The van der Waals surface area contributed by atoms with E-state index in [2.05, 4.69) is 5.32 Å². The van der Waals surface area contributed by atoms with E-state index in [9.17, 15) is 23.1 Å². The standard InChI is InChI=1S/C17H22F3NO3/c1-12-4-5-13(14(8-12)24-11-17(18,19)20)10-21-15(22)9-16(23)6-2-3-7-16/h4-5,8,23H,2-3,6-7,9-11H2,1H3,(H,21,22). The maximum Gasteiger partial charge on any atom is 0.422 e. The lowest BCUT2D eigenvalue weighted by Gasteiger charge is -2.21. The molecule has 1 aliphatic rings. The van der Waals surface area contributed by atoms with Crippen LogP contribution in [0.1, 0.15) is 43.2 Å². The molecule has 0 bridgehead atoms. The fourth-order valence-corrected chi connectivity index (χ4v) is 2.87. The first-order chi connectivity index (χ1) is 11.2. The molecule has 2 rings (SSSR count). The van der Waals surface area contributed by atoms with Gasteiger partial charge in [0.05, 0.1) is 12.0 Å². The van der Waals surface area contributed by atoms with Gasteiger partial charge in [0.15, 0.2) is 6.61 Å². The molecule has 1 aromatic carbocycles. The summed E-state index contributed by atoms with van der Waals surface area (Å²) >= 11 is 0. The van der Waals surface area contributed by atoms with Crippen LogP contribution in [0.25, 0.3) is 0 Å². The Morgan fingerprint density at radius 3 is 2.62 bits per heavy atom. The summed E-state index contributed by atoms with van der Waals surface area (Å²) < 4.78 is 41.8. The van der Waals surface area contributed by atoms with Crippen molar-refractivity contribution in [2.75, 3.05) is 6.61 Å². The maximum atomic E-state index is 12.3. The molecule has 1 aromatic rings. The van der Waals surface area contributed by atoms with Crippen LogP contribution in [-0.2, 0) is 11.3 Å². The van der Waals surface area contributed by atoms with Crippen molar-refractivity contribution in [3.8, 4) is 5.75 Å². The fourth-order valence-electron chi connectivity index (χ4n) is 2.87. The summed E-state index contributed by atoms with van der Waals surface area (Å²) in [7, 11) is 0. The number of aryl methyl sites for hydroxylation is 1. The minimum absolute atomic E-state index is 0.0115. The fraction of sp³-hybridized carbons (Fsp3) is 0.588. The Hall–Kier alpha value is -1.76. The first-order valence-corrected chi connectivity index (χ1v) is 7.95. The number of carbonyl (C=O) groups is 1. The lowest BCUT2D eigenvalue weighted by atomic mass is 9.97. The van der Waals surface area contributed by atoms with E-state index in [4.69, 9.17) is 4.74 Å². The predicted octanol–water partition coefficient (Wildman–Crippen LogP) is 3.25. The Bertz CT molecular complexity index is 581. The van der Waals surface area contributed by atoms with Crippen molar-refractivity contribution in [2.24, 2.45) is 0 Å². The topological polar surface area (TPSA) is 58.6 Å². The summed E-state index contributed by atoms with van der Waals surface area (Å²) in [5.74, 6) is -0.214. The lowest BCUT2D eigenvalue weighted by Crippen LogP contribution is -2.34. The molecule has 0 spiro atoms. The van der Waals surface area contributed by atoms with E-state index in [0.29, 0.717) is 18.4 Å². The van der Waals surface area contributed by atoms with Gasteiger partial charge in [-0.15, -0.1) is 0 Å². The third-order valence-corrected chi connectivity index (χ3v) is 4.11. The van der Waals surface area contributed by atoms with E-state index in [-0.39, 0.29) is 24.6 Å². The maximum absolute atomic E-state index is 12.3.